The molecule has 0 radical (unpaired) electrons. The number of hydrogen-bond acceptors (Lipinski definition) is 3. The van der Waals surface area contributed by atoms with Gasteiger partial charge in [0.25, 0.3) is 10.0 Å². The lowest BCUT2D eigenvalue weighted by atomic mass is 9.94. The maximum atomic E-state index is 12.4. The lowest BCUT2D eigenvalue weighted by molar-refractivity contribution is 0.104. The van der Waals surface area contributed by atoms with E-state index < -0.39 is 10.0 Å². The predicted octanol–water partition coefficient (Wildman–Crippen LogP) is 3.34. The van der Waals surface area contributed by atoms with Gasteiger partial charge in [0.2, 0.25) is 5.78 Å². The molecule has 0 aliphatic heterocycles. The molecule has 22 heavy (non-hydrogen) atoms. The van der Waals surface area contributed by atoms with Gasteiger partial charge in [-0.05, 0) is 34.1 Å². The fourth-order valence-electron chi connectivity index (χ4n) is 2.15. The van der Waals surface area contributed by atoms with Gasteiger partial charge in [0.1, 0.15) is 0 Å². The molecule has 2 aromatic rings. The summed E-state index contributed by atoms with van der Waals surface area (Å²) in [6, 6.07) is 14.8. The first kappa shape index (κ1) is 14.9. The third-order valence-corrected chi connectivity index (χ3v) is 5.08. The van der Waals surface area contributed by atoms with E-state index in [4.69, 9.17) is 0 Å². The highest BCUT2D eigenvalue weighted by Gasteiger charge is 2.24. The van der Waals surface area contributed by atoms with Gasteiger partial charge in [-0.2, -0.15) is 12.8 Å². The largest absolute Gasteiger partial charge is 0.288 e. The number of hydrogen-bond donors (Lipinski definition) is 0. The van der Waals surface area contributed by atoms with Gasteiger partial charge < -0.3 is 0 Å². The lowest BCUT2D eigenvalue weighted by Gasteiger charge is -2.14. The minimum atomic E-state index is -3.83. The molecule has 0 spiro atoms. The standard InChI is InChI=1S/C16H10BrNO3S/c17-14-10-15(12-8-4-5-9-13(12)16(14)19)18-22(20,21)11-6-2-1-3-7-11/h1-10H/b18-15+. The maximum Gasteiger partial charge on any atom is 0.282 e. The van der Waals surface area contributed by atoms with E-state index in [1.165, 1.54) is 18.2 Å². The molecule has 3 rings (SSSR count). The number of carbonyl (C=O) groups excluding carboxylic acids is 1. The van der Waals surface area contributed by atoms with E-state index in [-0.39, 0.29) is 20.9 Å². The molecule has 1 aliphatic rings. The van der Waals surface area contributed by atoms with Crippen molar-refractivity contribution in [2.24, 2.45) is 4.40 Å². The number of halogens is 1. The fraction of sp³-hybridized carbons (Fsp3) is 0. The van der Waals surface area contributed by atoms with E-state index in [0.717, 1.165) is 0 Å². The average molecular weight is 376 g/mol. The summed E-state index contributed by atoms with van der Waals surface area (Å²) in [5.41, 5.74) is 1.18. The van der Waals surface area contributed by atoms with Crippen molar-refractivity contribution in [3.8, 4) is 0 Å². The summed E-state index contributed by atoms with van der Waals surface area (Å²) in [5, 5.41) is 0. The zero-order valence-corrected chi connectivity index (χ0v) is 13.6. The van der Waals surface area contributed by atoms with E-state index >= 15 is 0 Å². The smallest absolute Gasteiger partial charge is 0.282 e. The van der Waals surface area contributed by atoms with Crippen LogP contribution >= 0.6 is 15.9 Å². The van der Waals surface area contributed by atoms with Crippen molar-refractivity contribution in [1.29, 1.82) is 0 Å². The van der Waals surface area contributed by atoms with Crippen molar-refractivity contribution in [2.45, 2.75) is 4.90 Å². The fourth-order valence-corrected chi connectivity index (χ4v) is 3.59. The Morgan fingerprint density at radius 3 is 2.14 bits per heavy atom. The Kier molecular flexibility index (Phi) is 3.80. The number of ketones is 1. The third-order valence-electron chi connectivity index (χ3n) is 3.19. The highest BCUT2D eigenvalue weighted by molar-refractivity contribution is 9.12. The quantitative estimate of drug-likeness (QED) is 0.808. The number of sulfonamides is 1. The van der Waals surface area contributed by atoms with Gasteiger partial charge in [-0.1, -0.05) is 42.5 Å². The van der Waals surface area contributed by atoms with Crippen LogP contribution in [0.25, 0.3) is 0 Å². The second-order valence-electron chi connectivity index (χ2n) is 4.63. The van der Waals surface area contributed by atoms with Crippen LogP contribution in [-0.4, -0.2) is 19.9 Å². The van der Waals surface area contributed by atoms with Crippen molar-refractivity contribution < 1.29 is 13.2 Å². The van der Waals surface area contributed by atoms with Crippen molar-refractivity contribution in [3.63, 3.8) is 0 Å². The molecule has 0 bridgehead atoms. The second-order valence-corrected chi connectivity index (χ2v) is 7.09. The number of benzene rings is 2. The van der Waals surface area contributed by atoms with Crippen molar-refractivity contribution in [1.82, 2.24) is 0 Å². The SMILES string of the molecule is O=C1C(Br)=C/C(=N\S(=O)(=O)c2ccccc2)c2ccccc21. The van der Waals surface area contributed by atoms with Crippen LogP contribution in [0.4, 0.5) is 0 Å². The van der Waals surface area contributed by atoms with Crippen LogP contribution in [0.5, 0.6) is 0 Å². The van der Waals surface area contributed by atoms with Crippen LogP contribution in [0.15, 0.2) is 74.4 Å². The normalized spacial score (nSPS) is 16.3. The molecular weight excluding hydrogens is 366 g/mol. The number of allylic oxidation sites excluding steroid dienone is 2. The van der Waals surface area contributed by atoms with Gasteiger partial charge in [-0.25, -0.2) is 0 Å². The van der Waals surface area contributed by atoms with E-state index in [9.17, 15) is 13.2 Å². The summed E-state index contributed by atoms with van der Waals surface area (Å²) in [5.74, 6) is -0.188. The molecule has 0 fully saturated rings. The highest BCUT2D eigenvalue weighted by Crippen LogP contribution is 2.26. The van der Waals surface area contributed by atoms with E-state index in [0.29, 0.717) is 11.1 Å². The van der Waals surface area contributed by atoms with Gasteiger partial charge in [-0.15, -0.1) is 0 Å². The van der Waals surface area contributed by atoms with E-state index in [1.807, 2.05) is 0 Å². The second kappa shape index (κ2) is 5.62. The molecule has 6 heteroatoms. The molecule has 0 aromatic heterocycles. The molecule has 1 aliphatic carbocycles. The summed E-state index contributed by atoms with van der Waals surface area (Å²) in [7, 11) is -3.83. The first-order valence-corrected chi connectivity index (χ1v) is 8.64. The molecule has 0 atom stereocenters. The Balaban J connectivity index is 2.18. The van der Waals surface area contributed by atoms with Crippen LogP contribution in [-0.2, 0) is 10.0 Å². The average Bonchev–Trinajstić information content (AvgIpc) is 2.53. The Labute approximate surface area is 136 Å². The highest BCUT2D eigenvalue weighted by atomic mass is 79.9. The van der Waals surface area contributed by atoms with Crippen LogP contribution in [0.1, 0.15) is 15.9 Å². The predicted molar refractivity (Wildman–Crippen MR) is 87.9 cm³/mol. The maximum absolute atomic E-state index is 12.4. The molecular formula is C16H10BrNO3S. The summed E-state index contributed by atoms with van der Waals surface area (Å²) < 4.78 is 28.9. The summed E-state index contributed by atoms with van der Waals surface area (Å²) in [6.07, 6.45) is 1.44. The minimum Gasteiger partial charge on any atom is -0.288 e. The molecule has 0 amide bonds. The van der Waals surface area contributed by atoms with Crippen molar-refractivity contribution in [3.05, 3.63) is 76.3 Å². The van der Waals surface area contributed by atoms with Crippen LogP contribution in [0.3, 0.4) is 0 Å². The molecule has 0 unspecified atom stereocenters. The zero-order chi connectivity index (χ0) is 15.7. The minimum absolute atomic E-state index is 0.112. The Hall–Kier alpha value is -2.05. The number of fused-ring (bicyclic) bond motifs is 1. The Morgan fingerprint density at radius 2 is 1.45 bits per heavy atom. The molecule has 0 saturated heterocycles. The van der Waals surface area contributed by atoms with E-state index in [2.05, 4.69) is 20.3 Å². The Morgan fingerprint density at radius 1 is 0.864 bits per heavy atom. The first-order chi connectivity index (χ1) is 10.5. The van der Waals surface area contributed by atoms with Crippen LogP contribution in [0, 0.1) is 0 Å². The van der Waals surface area contributed by atoms with Gasteiger partial charge >= 0.3 is 0 Å². The molecule has 0 N–H and O–H groups in total. The van der Waals surface area contributed by atoms with Gasteiger partial charge in [-0.3, -0.25) is 4.79 Å². The van der Waals surface area contributed by atoms with Gasteiger partial charge in [0.05, 0.1) is 15.1 Å². The zero-order valence-electron chi connectivity index (χ0n) is 11.2. The number of rotatable bonds is 2. The number of nitrogens with zero attached hydrogens (tertiary/aromatic N) is 1. The van der Waals surface area contributed by atoms with Crippen LogP contribution < -0.4 is 0 Å². The number of Topliss-reactive ketones (excluding diaryl/α,β-unsaturated/α-hetero) is 1. The van der Waals surface area contributed by atoms with Gasteiger partial charge in [0, 0.05) is 11.1 Å². The summed E-state index contributed by atoms with van der Waals surface area (Å²) in [6.45, 7) is 0. The summed E-state index contributed by atoms with van der Waals surface area (Å²) in [4.78, 5) is 12.2. The first-order valence-electron chi connectivity index (χ1n) is 6.40. The monoisotopic (exact) mass is 375 g/mol. The molecule has 4 nitrogen and oxygen atoms in total. The Bertz CT molecular complexity index is 915. The number of carbonyl (C=O) groups is 1. The van der Waals surface area contributed by atoms with E-state index in [1.54, 1.807) is 42.5 Å². The van der Waals surface area contributed by atoms with Crippen molar-refractivity contribution in [2.75, 3.05) is 0 Å². The molecule has 110 valence electrons. The molecule has 0 heterocycles. The lowest BCUT2D eigenvalue weighted by Crippen LogP contribution is -2.16. The van der Waals surface area contributed by atoms with Crippen LogP contribution in [0.2, 0.25) is 0 Å². The van der Waals surface area contributed by atoms with Gasteiger partial charge in [0.15, 0.2) is 0 Å². The summed E-state index contributed by atoms with van der Waals surface area (Å²) >= 11 is 3.16. The van der Waals surface area contributed by atoms with Crippen molar-refractivity contribution >= 4 is 37.4 Å². The topological polar surface area (TPSA) is 63.6 Å². The molecule has 2 aromatic carbocycles. The molecule has 0 saturated carbocycles. The third kappa shape index (κ3) is 2.67.